The smallest absolute Gasteiger partial charge is 0.247 e. The number of aromatic nitrogens is 2. The number of nitrogens with two attached hydrogens (primary N) is 1. The van der Waals surface area contributed by atoms with E-state index in [1.165, 1.54) is 16.9 Å². The van der Waals surface area contributed by atoms with Crippen molar-refractivity contribution in [2.24, 2.45) is 11.1 Å². The maximum atomic E-state index is 12.7. The molecule has 26 heavy (non-hydrogen) atoms. The fraction of sp³-hybridized carbons (Fsp3) is 0.500. The number of amides is 1. The zero-order valence-corrected chi connectivity index (χ0v) is 16.8. The highest BCUT2D eigenvalue weighted by Gasteiger charge is 2.63. The van der Waals surface area contributed by atoms with Gasteiger partial charge in [-0.25, -0.2) is 0 Å². The van der Waals surface area contributed by atoms with Crippen molar-refractivity contribution in [3.8, 4) is 0 Å². The predicted molar refractivity (Wildman–Crippen MR) is 105 cm³/mol. The Kier molecular flexibility index (Phi) is 5.67. The topological polar surface area (TPSA) is 90.1 Å². The van der Waals surface area contributed by atoms with Crippen molar-refractivity contribution in [1.29, 1.82) is 0 Å². The number of benzene rings is 1. The number of carbonyl (C=O) groups is 1. The quantitative estimate of drug-likeness (QED) is 0.555. The van der Waals surface area contributed by atoms with E-state index in [4.69, 9.17) is 10.5 Å². The first kappa shape index (κ1) is 19.3. The number of anilines is 1. The third kappa shape index (κ3) is 3.64. The molecule has 1 fully saturated rings. The molecule has 1 aromatic heterocycles. The molecule has 140 valence electrons. The van der Waals surface area contributed by atoms with Crippen molar-refractivity contribution >= 4 is 34.1 Å². The van der Waals surface area contributed by atoms with E-state index in [9.17, 15) is 4.79 Å². The van der Waals surface area contributed by atoms with Crippen molar-refractivity contribution in [2.45, 2.75) is 48.9 Å². The SMILES string of the molecule is CCOC1CC(N)(C(=O)Nc2nnc(SCc3ccccc3)s2)C1(C)C. The Morgan fingerprint density at radius 2 is 2.12 bits per heavy atom. The van der Waals surface area contributed by atoms with Crippen molar-refractivity contribution in [1.82, 2.24) is 10.2 Å². The lowest BCUT2D eigenvalue weighted by Gasteiger charge is -2.57. The largest absolute Gasteiger partial charge is 0.378 e. The minimum Gasteiger partial charge on any atom is -0.378 e. The summed E-state index contributed by atoms with van der Waals surface area (Å²) in [5.41, 5.74) is 6.22. The third-order valence-electron chi connectivity index (χ3n) is 5.07. The standard InChI is InChI=1S/C18H24N4O2S2/c1-4-24-13-10-18(19,17(13,2)3)14(23)20-15-21-22-16(26-15)25-11-12-8-6-5-7-9-12/h5-9,13H,4,10-11,19H2,1-3H3,(H,20,21,23). The summed E-state index contributed by atoms with van der Waals surface area (Å²) < 4.78 is 6.49. The molecule has 1 amide bonds. The molecule has 1 aromatic carbocycles. The zero-order valence-electron chi connectivity index (χ0n) is 15.2. The molecule has 0 saturated heterocycles. The number of thioether (sulfide) groups is 1. The van der Waals surface area contributed by atoms with Gasteiger partial charge in [-0.2, -0.15) is 0 Å². The first-order valence-electron chi connectivity index (χ1n) is 8.59. The highest BCUT2D eigenvalue weighted by atomic mass is 32.2. The molecule has 8 heteroatoms. The Morgan fingerprint density at radius 3 is 2.77 bits per heavy atom. The monoisotopic (exact) mass is 392 g/mol. The summed E-state index contributed by atoms with van der Waals surface area (Å²) in [6.45, 7) is 6.50. The molecule has 2 unspecified atom stereocenters. The van der Waals surface area contributed by atoms with E-state index in [0.717, 1.165) is 10.1 Å². The third-order valence-corrected chi connectivity index (χ3v) is 7.11. The number of hydrogen-bond acceptors (Lipinski definition) is 7. The molecule has 2 aromatic rings. The molecule has 1 aliphatic rings. The molecular formula is C18H24N4O2S2. The molecule has 0 spiro atoms. The number of ether oxygens (including phenoxy) is 1. The first-order chi connectivity index (χ1) is 12.4. The van der Waals surface area contributed by atoms with Gasteiger partial charge in [-0.15, -0.1) is 10.2 Å². The van der Waals surface area contributed by atoms with Gasteiger partial charge in [-0.05, 0) is 12.5 Å². The van der Waals surface area contributed by atoms with Gasteiger partial charge in [0.15, 0.2) is 4.34 Å². The average molecular weight is 393 g/mol. The molecule has 2 atom stereocenters. The fourth-order valence-corrected chi connectivity index (χ4v) is 4.77. The van der Waals surface area contributed by atoms with Crippen LogP contribution in [0.5, 0.6) is 0 Å². The van der Waals surface area contributed by atoms with Crippen molar-refractivity contribution < 1.29 is 9.53 Å². The second kappa shape index (κ2) is 7.64. The van der Waals surface area contributed by atoms with E-state index in [1.54, 1.807) is 11.8 Å². The molecule has 0 radical (unpaired) electrons. The Hall–Kier alpha value is -1.48. The van der Waals surface area contributed by atoms with Crippen LogP contribution >= 0.6 is 23.1 Å². The summed E-state index contributed by atoms with van der Waals surface area (Å²) in [7, 11) is 0. The Bertz CT molecular complexity index is 766. The van der Waals surface area contributed by atoms with Gasteiger partial charge in [-0.3, -0.25) is 10.1 Å². The summed E-state index contributed by atoms with van der Waals surface area (Å²) in [6, 6.07) is 10.2. The Balaban J connectivity index is 1.58. The van der Waals surface area contributed by atoms with Crippen LogP contribution in [0.25, 0.3) is 0 Å². The van der Waals surface area contributed by atoms with E-state index >= 15 is 0 Å². The number of rotatable bonds is 7. The lowest BCUT2D eigenvalue weighted by atomic mass is 9.54. The van der Waals surface area contributed by atoms with Gasteiger partial charge in [0.05, 0.1) is 6.10 Å². The van der Waals surface area contributed by atoms with Crippen LogP contribution in [0.2, 0.25) is 0 Å². The second-order valence-corrected chi connectivity index (χ2v) is 9.14. The van der Waals surface area contributed by atoms with Crippen molar-refractivity contribution in [2.75, 3.05) is 11.9 Å². The van der Waals surface area contributed by atoms with Gasteiger partial charge in [-0.1, -0.05) is 67.3 Å². The number of carbonyl (C=O) groups excluding carboxylic acids is 1. The zero-order chi connectivity index (χ0) is 18.8. The van der Waals surface area contributed by atoms with Crippen LogP contribution in [0.1, 0.15) is 32.8 Å². The van der Waals surface area contributed by atoms with Crippen LogP contribution in [-0.4, -0.2) is 34.4 Å². The lowest BCUT2D eigenvalue weighted by molar-refractivity contribution is -0.166. The molecule has 1 saturated carbocycles. The van der Waals surface area contributed by atoms with Gasteiger partial charge in [0.2, 0.25) is 11.0 Å². The van der Waals surface area contributed by atoms with Crippen molar-refractivity contribution in [3.05, 3.63) is 35.9 Å². The minimum atomic E-state index is -0.962. The maximum absolute atomic E-state index is 12.7. The molecule has 6 nitrogen and oxygen atoms in total. The maximum Gasteiger partial charge on any atom is 0.247 e. The number of nitrogens with zero attached hydrogens (tertiary/aromatic N) is 2. The van der Waals surface area contributed by atoms with Crippen LogP contribution in [0.4, 0.5) is 5.13 Å². The van der Waals surface area contributed by atoms with Gasteiger partial charge in [0.1, 0.15) is 5.54 Å². The summed E-state index contributed by atoms with van der Waals surface area (Å²) in [5, 5.41) is 11.5. The lowest BCUT2D eigenvalue weighted by Crippen LogP contribution is -2.74. The van der Waals surface area contributed by atoms with Crippen LogP contribution < -0.4 is 11.1 Å². The number of nitrogens with one attached hydrogen (secondary N) is 1. The normalized spacial score (nSPS) is 24.1. The van der Waals surface area contributed by atoms with Crippen LogP contribution in [-0.2, 0) is 15.3 Å². The molecule has 0 aliphatic heterocycles. The Labute approximate surface area is 161 Å². The number of hydrogen-bond donors (Lipinski definition) is 2. The summed E-state index contributed by atoms with van der Waals surface area (Å²) >= 11 is 2.96. The summed E-state index contributed by atoms with van der Waals surface area (Å²) in [6.07, 6.45) is 0.503. The van der Waals surface area contributed by atoms with Gasteiger partial charge < -0.3 is 10.5 Å². The summed E-state index contributed by atoms with van der Waals surface area (Å²) in [5.74, 6) is 0.585. The fourth-order valence-electron chi connectivity index (χ4n) is 3.07. The van der Waals surface area contributed by atoms with Crippen LogP contribution in [0.3, 0.4) is 0 Å². The highest BCUT2D eigenvalue weighted by Crippen LogP contribution is 2.50. The predicted octanol–water partition coefficient (Wildman–Crippen LogP) is 3.30. The average Bonchev–Trinajstić information content (AvgIpc) is 3.08. The molecule has 1 aliphatic carbocycles. The minimum absolute atomic E-state index is 0.00495. The van der Waals surface area contributed by atoms with Crippen LogP contribution in [0, 0.1) is 5.41 Å². The van der Waals surface area contributed by atoms with Gasteiger partial charge in [0, 0.05) is 24.2 Å². The molecule has 3 rings (SSSR count). The van der Waals surface area contributed by atoms with Crippen molar-refractivity contribution in [3.63, 3.8) is 0 Å². The molecular weight excluding hydrogens is 368 g/mol. The summed E-state index contributed by atoms with van der Waals surface area (Å²) in [4.78, 5) is 12.7. The highest BCUT2D eigenvalue weighted by molar-refractivity contribution is 8.00. The van der Waals surface area contributed by atoms with E-state index in [2.05, 4.69) is 27.6 Å². The van der Waals surface area contributed by atoms with E-state index in [-0.39, 0.29) is 12.0 Å². The van der Waals surface area contributed by atoms with Gasteiger partial charge in [0.25, 0.3) is 0 Å². The molecule has 1 heterocycles. The molecule has 0 bridgehead atoms. The first-order valence-corrected chi connectivity index (χ1v) is 10.4. The van der Waals surface area contributed by atoms with Crippen LogP contribution in [0.15, 0.2) is 34.7 Å². The van der Waals surface area contributed by atoms with Gasteiger partial charge >= 0.3 is 0 Å². The van der Waals surface area contributed by atoms with E-state index < -0.39 is 11.0 Å². The van der Waals surface area contributed by atoms with E-state index in [1.807, 2.05) is 39.0 Å². The second-order valence-electron chi connectivity index (χ2n) is 6.94. The Morgan fingerprint density at radius 1 is 1.38 bits per heavy atom. The van der Waals surface area contributed by atoms with E-state index in [0.29, 0.717) is 18.2 Å². The molecule has 3 N–H and O–H groups in total.